The molecule has 0 aliphatic heterocycles. The third-order valence-corrected chi connectivity index (χ3v) is 2.96. The van der Waals surface area contributed by atoms with E-state index in [9.17, 15) is 9.90 Å². The van der Waals surface area contributed by atoms with Crippen molar-refractivity contribution in [2.24, 2.45) is 0 Å². The maximum absolute atomic E-state index is 10.9. The molecule has 0 spiro atoms. The molecular weight excluding hydrogens is 232 g/mol. The van der Waals surface area contributed by atoms with Crippen molar-refractivity contribution >= 4 is 5.97 Å². The maximum atomic E-state index is 10.9. The van der Waals surface area contributed by atoms with Crippen LogP contribution in [0.5, 0.6) is 5.75 Å². The average molecular weight is 252 g/mol. The molecule has 2 N–H and O–H groups in total. The van der Waals surface area contributed by atoms with Gasteiger partial charge in [-0.15, -0.1) is 0 Å². The van der Waals surface area contributed by atoms with Crippen LogP contribution >= 0.6 is 0 Å². The quantitative estimate of drug-likeness (QED) is 0.816. The Balaban J connectivity index is 3.27. The summed E-state index contributed by atoms with van der Waals surface area (Å²) in [6.07, 6.45) is 0.765. The van der Waals surface area contributed by atoms with Crippen molar-refractivity contribution in [3.05, 3.63) is 29.3 Å². The van der Waals surface area contributed by atoms with Crippen LogP contribution in [0.2, 0.25) is 0 Å². The largest absolute Gasteiger partial charge is 0.496 e. The number of aliphatic hydroxyl groups is 1. The lowest BCUT2D eigenvalue weighted by Crippen LogP contribution is -2.29. The minimum absolute atomic E-state index is 0.319. The molecule has 1 unspecified atom stereocenters. The van der Waals surface area contributed by atoms with E-state index in [2.05, 4.69) is 0 Å². The molecule has 100 valence electrons. The summed E-state index contributed by atoms with van der Waals surface area (Å²) in [6, 6.07) is 5.42. The number of hydrogen-bond acceptors (Lipinski definition) is 3. The molecule has 1 atom stereocenters. The van der Waals surface area contributed by atoms with Crippen molar-refractivity contribution < 1.29 is 19.7 Å². The normalized spacial score (nSPS) is 14.0. The number of carbonyl (C=O) groups is 1. The highest BCUT2D eigenvalue weighted by Crippen LogP contribution is 2.37. The van der Waals surface area contributed by atoms with Crippen LogP contribution in [-0.4, -0.2) is 23.3 Å². The smallest absolute Gasteiger partial charge is 0.306 e. The van der Waals surface area contributed by atoms with E-state index in [1.165, 1.54) is 7.11 Å². The number of methoxy groups -OCH3 is 1. The van der Waals surface area contributed by atoms with E-state index in [1.807, 2.05) is 19.9 Å². The summed E-state index contributed by atoms with van der Waals surface area (Å²) >= 11 is 0. The Kier molecular flexibility index (Phi) is 4.73. The maximum Gasteiger partial charge on any atom is 0.306 e. The molecule has 4 heteroatoms. The van der Waals surface area contributed by atoms with E-state index < -0.39 is 11.6 Å². The summed E-state index contributed by atoms with van der Waals surface area (Å²) < 4.78 is 5.22. The summed E-state index contributed by atoms with van der Waals surface area (Å²) in [5.41, 5.74) is 0.137. The molecule has 0 aliphatic carbocycles. The summed E-state index contributed by atoms with van der Waals surface area (Å²) in [4.78, 5) is 10.9. The van der Waals surface area contributed by atoms with Gasteiger partial charge in [0, 0.05) is 5.56 Å². The second-order valence-corrected chi connectivity index (χ2v) is 4.56. The van der Waals surface area contributed by atoms with Crippen LogP contribution in [-0.2, 0) is 10.4 Å². The second-order valence-electron chi connectivity index (χ2n) is 4.56. The minimum atomic E-state index is -1.38. The molecule has 0 aliphatic rings. The Hall–Kier alpha value is -1.55. The lowest BCUT2D eigenvalue weighted by atomic mass is 9.85. The van der Waals surface area contributed by atoms with E-state index in [0.717, 1.165) is 5.56 Å². The first-order chi connectivity index (χ1) is 8.42. The fourth-order valence-corrected chi connectivity index (χ4v) is 2.17. The Morgan fingerprint density at radius 2 is 2.11 bits per heavy atom. The Morgan fingerprint density at radius 1 is 1.44 bits per heavy atom. The number of carboxylic acid groups (broad SMARTS) is 1. The molecule has 0 amide bonds. The van der Waals surface area contributed by atoms with Crippen LogP contribution in [0.3, 0.4) is 0 Å². The van der Waals surface area contributed by atoms with Crippen LogP contribution in [0.4, 0.5) is 0 Å². The van der Waals surface area contributed by atoms with Crippen molar-refractivity contribution in [2.45, 2.75) is 38.7 Å². The number of carboxylic acids is 1. The van der Waals surface area contributed by atoms with E-state index in [1.54, 1.807) is 12.1 Å². The van der Waals surface area contributed by atoms with Gasteiger partial charge in [-0.2, -0.15) is 0 Å². The number of benzene rings is 1. The van der Waals surface area contributed by atoms with E-state index in [4.69, 9.17) is 9.84 Å². The third kappa shape index (κ3) is 3.23. The van der Waals surface area contributed by atoms with Gasteiger partial charge in [-0.1, -0.05) is 25.0 Å². The SMILES string of the molecule is CCCC(O)(CC(=O)O)c1cc(C)ccc1OC. The summed E-state index contributed by atoms with van der Waals surface area (Å²) in [5, 5.41) is 19.6. The predicted molar refractivity (Wildman–Crippen MR) is 68.8 cm³/mol. The summed E-state index contributed by atoms with van der Waals surface area (Å²) in [5.74, 6) is -0.493. The van der Waals surface area contributed by atoms with Crippen molar-refractivity contribution in [1.82, 2.24) is 0 Å². The zero-order chi connectivity index (χ0) is 13.8. The van der Waals surface area contributed by atoms with E-state index in [0.29, 0.717) is 24.2 Å². The second kappa shape index (κ2) is 5.87. The molecule has 4 nitrogen and oxygen atoms in total. The van der Waals surface area contributed by atoms with Gasteiger partial charge in [0.25, 0.3) is 0 Å². The standard InChI is InChI=1S/C14H20O4/c1-4-7-14(17,9-13(15)16)11-8-10(2)5-6-12(11)18-3/h5-6,8,17H,4,7,9H2,1-3H3,(H,15,16). The van der Waals surface area contributed by atoms with Gasteiger partial charge in [0.15, 0.2) is 0 Å². The Morgan fingerprint density at radius 3 is 2.61 bits per heavy atom. The van der Waals surface area contributed by atoms with Gasteiger partial charge >= 0.3 is 5.97 Å². The predicted octanol–water partition coefficient (Wildman–Crippen LogP) is 2.47. The number of ether oxygens (including phenoxy) is 1. The molecule has 1 aromatic carbocycles. The van der Waals surface area contributed by atoms with Gasteiger partial charge in [0.2, 0.25) is 0 Å². The Bertz CT molecular complexity index is 428. The van der Waals surface area contributed by atoms with Gasteiger partial charge in [0.05, 0.1) is 13.5 Å². The lowest BCUT2D eigenvalue weighted by Gasteiger charge is -2.28. The first-order valence-corrected chi connectivity index (χ1v) is 6.02. The molecule has 1 aromatic rings. The number of rotatable bonds is 6. The third-order valence-electron chi connectivity index (χ3n) is 2.96. The van der Waals surface area contributed by atoms with Gasteiger partial charge in [-0.05, 0) is 25.5 Å². The molecule has 0 heterocycles. The van der Waals surface area contributed by atoms with Gasteiger partial charge in [-0.3, -0.25) is 4.79 Å². The minimum Gasteiger partial charge on any atom is -0.496 e. The summed E-state index contributed by atoms with van der Waals surface area (Å²) in [6.45, 7) is 3.81. The lowest BCUT2D eigenvalue weighted by molar-refractivity contribution is -0.143. The number of aliphatic carboxylic acids is 1. The number of aryl methyl sites for hydroxylation is 1. The van der Waals surface area contributed by atoms with Crippen molar-refractivity contribution in [3.63, 3.8) is 0 Å². The van der Waals surface area contributed by atoms with Crippen LogP contribution in [0, 0.1) is 6.92 Å². The van der Waals surface area contributed by atoms with Crippen molar-refractivity contribution in [1.29, 1.82) is 0 Å². The Labute approximate surface area is 107 Å². The summed E-state index contributed by atoms with van der Waals surface area (Å²) in [7, 11) is 1.52. The highest BCUT2D eigenvalue weighted by molar-refractivity contribution is 5.69. The monoisotopic (exact) mass is 252 g/mol. The average Bonchev–Trinajstić information content (AvgIpc) is 2.28. The van der Waals surface area contributed by atoms with Crippen molar-refractivity contribution in [3.8, 4) is 5.75 Å². The molecule has 0 fully saturated rings. The first kappa shape index (κ1) is 14.5. The fraction of sp³-hybridized carbons (Fsp3) is 0.500. The molecule has 1 rings (SSSR count). The van der Waals surface area contributed by atoms with Gasteiger partial charge in [0.1, 0.15) is 11.4 Å². The molecule has 18 heavy (non-hydrogen) atoms. The van der Waals surface area contributed by atoms with E-state index >= 15 is 0 Å². The highest BCUT2D eigenvalue weighted by Gasteiger charge is 2.34. The zero-order valence-corrected chi connectivity index (χ0v) is 11.1. The van der Waals surface area contributed by atoms with Crippen LogP contribution in [0.1, 0.15) is 37.3 Å². The zero-order valence-electron chi connectivity index (χ0n) is 11.1. The molecule has 0 radical (unpaired) electrons. The van der Waals surface area contributed by atoms with Crippen LogP contribution in [0.15, 0.2) is 18.2 Å². The fourth-order valence-electron chi connectivity index (χ4n) is 2.17. The van der Waals surface area contributed by atoms with Crippen LogP contribution in [0.25, 0.3) is 0 Å². The molecule has 0 aromatic heterocycles. The molecule has 0 saturated carbocycles. The molecular formula is C14H20O4. The molecule has 0 bridgehead atoms. The topological polar surface area (TPSA) is 66.8 Å². The van der Waals surface area contributed by atoms with E-state index in [-0.39, 0.29) is 6.42 Å². The van der Waals surface area contributed by atoms with Crippen molar-refractivity contribution in [2.75, 3.05) is 7.11 Å². The van der Waals surface area contributed by atoms with Gasteiger partial charge in [-0.25, -0.2) is 0 Å². The first-order valence-electron chi connectivity index (χ1n) is 6.02. The number of hydrogen-bond donors (Lipinski definition) is 2. The highest BCUT2D eigenvalue weighted by atomic mass is 16.5. The van der Waals surface area contributed by atoms with Crippen LogP contribution < -0.4 is 4.74 Å². The molecule has 0 saturated heterocycles. The van der Waals surface area contributed by atoms with Gasteiger partial charge < -0.3 is 14.9 Å².